The fourth-order valence-corrected chi connectivity index (χ4v) is 2.71. The second-order valence-corrected chi connectivity index (χ2v) is 6.07. The molecule has 3 heterocycles. The third-order valence-corrected chi connectivity index (χ3v) is 4.02. The fourth-order valence-electron chi connectivity index (χ4n) is 2.71. The number of aryl methyl sites for hydroxylation is 2. The Hall–Kier alpha value is -2.48. The van der Waals surface area contributed by atoms with Crippen molar-refractivity contribution in [3.05, 3.63) is 35.8 Å². The van der Waals surface area contributed by atoms with Crippen molar-refractivity contribution < 1.29 is 9.53 Å². The summed E-state index contributed by atoms with van der Waals surface area (Å²) in [4.78, 5) is 29.9. The number of hydrogen-bond donors (Lipinski definition) is 0. The third kappa shape index (κ3) is 3.09. The van der Waals surface area contributed by atoms with Crippen LogP contribution in [-0.4, -0.2) is 64.2 Å². The normalized spacial score (nSPS) is 17.8. The predicted octanol–water partition coefficient (Wildman–Crippen LogP) is 0.798. The Labute approximate surface area is 141 Å². The Morgan fingerprint density at radius 3 is 2.83 bits per heavy atom. The molecule has 3 rings (SSSR count). The summed E-state index contributed by atoms with van der Waals surface area (Å²) in [6, 6.07) is 1.60. The molecule has 1 fully saturated rings. The van der Waals surface area contributed by atoms with Crippen molar-refractivity contribution in [1.82, 2.24) is 24.4 Å². The SMILES string of the molecule is Cc1cc(N(C)C)nc(C2COCCN2C(=O)c2nccn2C)n1. The summed E-state index contributed by atoms with van der Waals surface area (Å²) < 4.78 is 7.31. The zero-order valence-electron chi connectivity index (χ0n) is 14.4. The van der Waals surface area contributed by atoms with Gasteiger partial charge in [0.15, 0.2) is 11.6 Å². The van der Waals surface area contributed by atoms with E-state index in [-0.39, 0.29) is 11.9 Å². The molecule has 8 heteroatoms. The van der Waals surface area contributed by atoms with Crippen LogP contribution in [0, 0.1) is 6.92 Å². The van der Waals surface area contributed by atoms with Crippen molar-refractivity contribution in [1.29, 1.82) is 0 Å². The number of carbonyl (C=O) groups excluding carboxylic acids is 1. The van der Waals surface area contributed by atoms with Gasteiger partial charge in [-0.1, -0.05) is 0 Å². The van der Waals surface area contributed by atoms with Gasteiger partial charge in [0.05, 0.1) is 13.2 Å². The highest BCUT2D eigenvalue weighted by atomic mass is 16.5. The number of aromatic nitrogens is 4. The Bertz CT molecular complexity index is 742. The summed E-state index contributed by atoms with van der Waals surface area (Å²) in [5.41, 5.74) is 0.860. The van der Waals surface area contributed by atoms with Crippen LogP contribution in [0.1, 0.15) is 28.2 Å². The Morgan fingerprint density at radius 1 is 1.38 bits per heavy atom. The van der Waals surface area contributed by atoms with Gasteiger partial charge in [-0.25, -0.2) is 15.0 Å². The first-order chi connectivity index (χ1) is 11.5. The topological polar surface area (TPSA) is 76.4 Å². The second kappa shape index (κ2) is 6.56. The highest BCUT2D eigenvalue weighted by Gasteiger charge is 2.33. The van der Waals surface area contributed by atoms with Gasteiger partial charge in [0, 0.05) is 51.8 Å². The van der Waals surface area contributed by atoms with Crippen LogP contribution >= 0.6 is 0 Å². The predicted molar refractivity (Wildman–Crippen MR) is 88.9 cm³/mol. The Morgan fingerprint density at radius 2 is 2.17 bits per heavy atom. The molecule has 0 spiro atoms. The van der Waals surface area contributed by atoms with Crippen molar-refractivity contribution in [3.63, 3.8) is 0 Å². The van der Waals surface area contributed by atoms with E-state index in [4.69, 9.17) is 4.74 Å². The highest BCUT2D eigenvalue weighted by molar-refractivity contribution is 5.91. The monoisotopic (exact) mass is 330 g/mol. The van der Waals surface area contributed by atoms with Gasteiger partial charge in [0.2, 0.25) is 0 Å². The van der Waals surface area contributed by atoms with Gasteiger partial charge < -0.3 is 19.1 Å². The van der Waals surface area contributed by atoms with Crippen molar-refractivity contribution >= 4 is 11.7 Å². The van der Waals surface area contributed by atoms with Crippen molar-refractivity contribution in [2.24, 2.45) is 7.05 Å². The van der Waals surface area contributed by atoms with Gasteiger partial charge in [-0.05, 0) is 6.92 Å². The maximum absolute atomic E-state index is 12.9. The highest BCUT2D eigenvalue weighted by Crippen LogP contribution is 2.25. The van der Waals surface area contributed by atoms with Crippen LogP contribution in [0.4, 0.5) is 5.82 Å². The van der Waals surface area contributed by atoms with Gasteiger partial charge in [0.1, 0.15) is 11.9 Å². The molecular formula is C16H22N6O2. The molecule has 0 N–H and O–H groups in total. The maximum atomic E-state index is 12.9. The molecule has 1 aliphatic heterocycles. The lowest BCUT2D eigenvalue weighted by atomic mass is 10.2. The summed E-state index contributed by atoms with van der Waals surface area (Å²) in [7, 11) is 5.67. The number of carbonyl (C=O) groups is 1. The van der Waals surface area contributed by atoms with E-state index in [0.29, 0.717) is 31.4 Å². The summed E-state index contributed by atoms with van der Waals surface area (Å²) in [5.74, 6) is 1.68. The van der Waals surface area contributed by atoms with Crippen LogP contribution in [0.3, 0.4) is 0 Å². The lowest BCUT2D eigenvalue weighted by Gasteiger charge is -2.34. The van der Waals surface area contributed by atoms with E-state index in [9.17, 15) is 4.79 Å². The van der Waals surface area contributed by atoms with Gasteiger partial charge in [-0.2, -0.15) is 0 Å². The Balaban J connectivity index is 1.96. The lowest BCUT2D eigenvalue weighted by molar-refractivity contribution is -0.00605. The minimum absolute atomic E-state index is 0.132. The van der Waals surface area contributed by atoms with E-state index < -0.39 is 0 Å². The minimum atomic E-state index is -0.318. The van der Waals surface area contributed by atoms with Gasteiger partial charge in [0.25, 0.3) is 5.91 Å². The molecule has 1 unspecified atom stereocenters. The first-order valence-corrected chi connectivity index (χ1v) is 7.86. The molecule has 0 aromatic carbocycles. The van der Waals surface area contributed by atoms with Crippen LogP contribution < -0.4 is 4.90 Å². The van der Waals surface area contributed by atoms with Crippen molar-refractivity contribution in [2.45, 2.75) is 13.0 Å². The summed E-state index contributed by atoms with van der Waals surface area (Å²) >= 11 is 0. The first kappa shape index (κ1) is 16.4. The van der Waals surface area contributed by atoms with Crippen molar-refractivity contribution in [3.8, 4) is 0 Å². The van der Waals surface area contributed by atoms with Crippen LogP contribution in [-0.2, 0) is 11.8 Å². The number of nitrogens with zero attached hydrogens (tertiary/aromatic N) is 6. The van der Waals surface area contributed by atoms with Crippen LogP contribution in [0.5, 0.6) is 0 Å². The van der Waals surface area contributed by atoms with Gasteiger partial charge >= 0.3 is 0 Å². The maximum Gasteiger partial charge on any atom is 0.290 e. The second-order valence-electron chi connectivity index (χ2n) is 6.07. The largest absolute Gasteiger partial charge is 0.377 e. The molecule has 1 amide bonds. The van der Waals surface area contributed by atoms with Crippen LogP contribution in [0.15, 0.2) is 18.5 Å². The first-order valence-electron chi connectivity index (χ1n) is 7.86. The molecule has 24 heavy (non-hydrogen) atoms. The smallest absolute Gasteiger partial charge is 0.290 e. The number of amides is 1. The fraction of sp³-hybridized carbons (Fsp3) is 0.500. The summed E-state index contributed by atoms with van der Waals surface area (Å²) in [6.45, 7) is 3.29. The van der Waals surface area contributed by atoms with Crippen LogP contribution in [0.25, 0.3) is 0 Å². The molecule has 8 nitrogen and oxygen atoms in total. The molecular weight excluding hydrogens is 308 g/mol. The van der Waals surface area contributed by atoms with E-state index in [1.165, 1.54) is 0 Å². The zero-order chi connectivity index (χ0) is 17.3. The third-order valence-electron chi connectivity index (χ3n) is 4.02. The number of ether oxygens (including phenoxy) is 1. The number of anilines is 1. The number of morpholine rings is 1. The summed E-state index contributed by atoms with van der Waals surface area (Å²) in [6.07, 6.45) is 3.38. The van der Waals surface area contributed by atoms with E-state index in [1.54, 1.807) is 21.9 Å². The lowest BCUT2D eigenvalue weighted by Crippen LogP contribution is -2.45. The average Bonchev–Trinajstić information content (AvgIpc) is 2.99. The molecule has 0 aliphatic carbocycles. The molecule has 1 saturated heterocycles. The summed E-state index contributed by atoms with van der Waals surface area (Å²) in [5, 5.41) is 0. The molecule has 1 atom stereocenters. The van der Waals surface area contributed by atoms with Gasteiger partial charge in [-0.15, -0.1) is 0 Å². The van der Waals surface area contributed by atoms with Crippen LogP contribution in [0.2, 0.25) is 0 Å². The van der Waals surface area contributed by atoms with E-state index in [2.05, 4.69) is 15.0 Å². The van der Waals surface area contributed by atoms with E-state index in [1.807, 2.05) is 39.0 Å². The molecule has 0 saturated carbocycles. The number of imidazole rings is 1. The molecule has 2 aromatic rings. The van der Waals surface area contributed by atoms with E-state index >= 15 is 0 Å². The average molecular weight is 330 g/mol. The molecule has 0 bridgehead atoms. The zero-order valence-corrected chi connectivity index (χ0v) is 14.4. The number of hydrogen-bond acceptors (Lipinski definition) is 6. The molecule has 1 aliphatic rings. The van der Waals surface area contributed by atoms with Gasteiger partial charge in [-0.3, -0.25) is 4.79 Å². The van der Waals surface area contributed by atoms with Crippen molar-refractivity contribution in [2.75, 3.05) is 38.8 Å². The minimum Gasteiger partial charge on any atom is -0.377 e. The molecule has 128 valence electrons. The molecule has 2 aromatic heterocycles. The van der Waals surface area contributed by atoms with E-state index in [0.717, 1.165) is 11.5 Å². The Kier molecular flexibility index (Phi) is 4.48. The standard InChI is InChI=1S/C16H22N6O2/c1-11-9-13(20(2)3)19-14(18-11)12-10-24-8-7-22(12)16(23)15-17-5-6-21(15)4/h5-6,9,12H,7-8,10H2,1-4H3. The number of rotatable bonds is 3. The molecule has 0 radical (unpaired) electrons. The quantitative estimate of drug-likeness (QED) is 0.828.